The van der Waals surface area contributed by atoms with E-state index in [1.54, 1.807) is 30.3 Å². The van der Waals surface area contributed by atoms with Crippen molar-refractivity contribution in [1.29, 1.82) is 5.26 Å². The van der Waals surface area contributed by atoms with E-state index in [9.17, 15) is 26.9 Å². The lowest BCUT2D eigenvalue weighted by Gasteiger charge is -2.10. The largest absolute Gasteiger partial charge is 0.436 e. The van der Waals surface area contributed by atoms with E-state index in [1.165, 1.54) is 18.2 Å². The number of nitrogens with zero attached hydrogens (tertiary/aromatic N) is 4. The van der Waals surface area contributed by atoms with Gasteiger partial charge in [-0.05, 0) is 17.7 Å². The normalized spacial score (nSPS) is 11.8. The molecule has 30 heavy (non-hydrogen) atoms. The van der Waals surface area contributed by atoms with Gasteiger partial charge in [-0.25, -0.2) is 18.9 Å². The molecule has 1 N–H and O–H groups in total. The zero-order valence-electron chi connectivity index (χ0n) is 15.4. The summed E-state index contributed by atoms with van der Waals surface area (Å²) in [7, 11) is -3.55. The van der Waals surface area contributed by atoms with E-state index in [0.29, 0.717) is 0 Å². The van der Waals surface area contributed by atoms with Crippen molar-refractivity contribution in [3.63, 3.8) is 0 Å². The summed E-state index contributed by atoms with van der Waals surface area (Å²) in [5.74, 6) is -0.527. The number of aromatic nitrogens is 3. The summed E-state index contributed by atoms with van der Waals surface area (Å²) in [5, 5.41) is 12.7. The van der Waals surface area contributed by atoms with E-state index < -0.39 is 27.3 Å². The number of halogens is 3. The summed E-state index contributed by atoms with van der Waals surface area (Å²) in [6.45, 7) is -0.00131. The predicted molar refractivity (Wildman–Crippen MR) is 99.0 cm³/mol. The molecule has 0 atom stereocenters. The molecule has 0 spiro atoms. The summed E-state index contributed by atoms with van der Waals surface area (Å²) in [4.78, 5) is 9.00. The SMILES string of the molecule is CS(=O)(=O)c1ccc(-n2nc(C(F)(F)F)c(C#N)c2NOCc2ccccc2)nc1. The highest BCUT2D eigenvalue weighted by molar-refractivity contribution is 7.90. The molecule has 0 radical (unpaired) electrons. The van der Waals surface area contributed by atoms with Crippen LogP contribution in [-0.2, 0) is 27.5 Å². The Morgan fingerprint density at radius 3 is 2.43 bits per heavy atom. The molecule has 3 rings (SSSR count). The highest BCUT2D eigenvalue weighted by Crippen LogP contribution is 2.35. The van der Waals surface area contributed by atoms with Gasteiger partial charge in [0, 0.05) is 12.5 Å². The van der Waals surface area contributed by atoms with E-state index in [0.717, 1.165) is 22.7 Å². The highest BCUT2D eigenvalue weighted by atomic mass is 32.2. The van der Waals surface area contributed by atoms with Crippen LogP contribution in [0.15, 0.2) is 53.6 Å². The molecule has 0 amide bonds. The molecule has 0 saturated carbocycles. The zero-order chi connectivity index (χ0) is 21.9. The zero-order valence-corrected chi connectivity index (χ0v) is 16.2. The second-order valence-electron chi connectivity index (χ2n) is 6.09. The average Bonchev–Trinajstić information content (AvgIpc) is 3.07. The van der Waals surface area contributed by atoms with E-state index in [4.69, 9.17) is 4.84 Å². The molecule has 0 aliphatic rings. The Bertz CT molecular complexity index is 1180. The first-order chi connectivity index (χ1) is 14.1. The molecule has 2 aromatic heterocycles. The average molecular weight is 437 g/mol. The molecule has 0 bridgehead atoms. The summed E-state index contributed by atoms with van der Waals surface area (Å²) in [6, 6.07) is 12.6. The van der Waals surface area contributed by atoms with Crippen LogP contribution in [0.25, 0.3) is 5.82 Å². The quantitative estimate of drug-likeness (QED) is 0.590. The third-order valence-corrected chi connectivity index (χ3v) is 4.98. The van der Waals surface area contributed by atoms with Gasteiger partial charge in [0.05, 0.1) is 11.5 Å². The minimum Gasteiger partial charge on any atom is -0.270 e. The fraction of sp³-hybridized carbons (Fsp3) is 0.167. The molecular formula is C18H14F3N5O3S. The van der Waals surface area contributed by atoms with E-state index >= 15 is 0 Å². The molecule has 0 fully saturated rings. The molecule has 1 aromatic carbocycles. The summed E-state index contributed by atoms with van der Waals surface area (Å²) in [5.41, 5.74) is 0.861. The van der Waals surface area contributed by atoms with Gasteiger partial charge in [-0.2, -0.15) is 28.2 Å². The topological polar surface area (TPSA) is 110 Å². The van der Waals surface area contributed by atoms with Crippen LogP contribution in [0.4, 0.5) is 19.0 Å². The second kappa shape index (κ2) is 8.13. The first-order valence-corrected chi connectivity index (χ1v) is 10.2. The van der Waals surface area contributed by atoms with Crippen LogP contribution in [0.1, 0.15) is 16.8 Å². The van der Waals surface area contributed by atoms with Gasteiger partial charge in [0.1, 0.15) is 11.6 Å². The molecule has 12 heteroatoms. The number of hydrogen-bond donors (Lipinski definition) is 1. The summed E-state index contributed by atoms with van der Waals surface area (Å²) in [6.07, 6.45) is -2.95. The first kappa shape index (κ1) is 21.3. The van der Waals surface area contributed by atoms with Crippen LogP contribution in [0, 0.1) is 11.3 Å². The maximum Gasteiger partial charge on any atom is 0.436 e. The van der Waals surface area contributed by atoms with Crippen molar-refractivity contribution in [2.75, 3.05) is 11.7 Å². The van der Waals surface area contributed by atoms with Gasteiger partial charge in [-0.15, -0.1) is 0 Å². The Hall–Kier alpha value is -3.43. The first-order valence-electron chi connectivity index (χ1n) is 8.30. The molecule has 156 valence electrons. The van der Waals surface area contributed by atoms with Gasteiger partial charge in [-0.1, -0.05) is 30.3 Å². The molecule has 0 saturated heterocycles. The highest BCUT2D eigenvalue weighted by Gasteiger charge is 2.40. The van der Waals surface area contributed by atoms with Gasteiger partial charge in [0.2, 0.25) is 0 Å². The smallest absolute Gasteiger partial charge is 0.270 e. The van der Waals surface area contributed by atoms with Crippen LogP contribution < -0.4 is 5.48 Å². The molecule has 3 aromatic rings. The van der Waals surface area contributed by atoms with E-state index in [1.807, 2.05) is 0 Å². The van der Waals surface area contributed by atoms with Crippen molar-refractivity contribution in [2.45, 2.75) is 17.7 Å². The summed E-state index contributed by atoms with van der Waals surface area (Å²) < 4.78 is 64.0. The fourth-order valence-corrected chi connectivity index (χ4v) is 3.02. The number of anilines is 1. The Balaban J connectivity index is 2.00. The third-order valence-electron chi connectivity index (χ3n) is 3.88. The van der Waals surface area contributed by atoms with Crippen LogP contribution in [0.2, 0.25) is 0 Å². The number of rotatable bonds is 6. The van der Waals surface area contributed by atoms with Crippen LogP contribution >= 0.6 is 0 Å². The van der Waals surface area contributed by atoms with Crippen molar-refractivity contribution < 1.29 is 26.4 Å². The van der Waals surface area contributed by atoms with E-state index in [-0.39, 0.29) is 23.1 Å². The number of nitriles is 1. The van der Waals surface area contributed by atoms with Gasteiger partial charge in [-0.3, -0.25) is 4.84 Å². The van der Waals surface area contributed by atoms with Crippen LogP contribution in [-0.4, -0.2) is 29.4 Å². The number of pyridine rings is 1. The number of alkyl halides is 3. The van der Waals surface area contributed by atoms with Crippen molar-refractivity contribution >= 4 is 15.7 Å². The van der Waals surface area contributed by atoms with Gasteiger partial charge < -0.3 is 0 Å². The predicted octanol–water partition coefficient (Wildman–Crippen LogP) is 3.10. The lowest BCUT2D eigenvalue weighted by atomic mass is 10.2. The Morgan fingerprint density at radius 1 is 1.20 bits per heavy atom. The molecule has 0 unspecified atom stereocenters. The standard InChI is InChI=1S/C18H14F3N5O3S/c1-30(27,28)13-7-8-15(23-10-13)26-17(14(9-22)16(24-26)18(19,20)21)25-29-11-12-5-3-2-4-6-12/h2-8,10,25H,11H2,1H3. The maximum atomic E-state index is 13.4. The van der Waals surface area contributed by atoms with E-state index in [2.05, 4.69) is 15.6 Å². The van der Waals surface area contributed by atoms with Crippen molar-refractivity contribution in [2.24, 2.45) is 0 Å². The van der Waals surface area contributed by atoms with Crippen molar-refractivity contribution in [3.8, 4) is 11.9 Å². The number of sulfone groups is 1. The third kappa shape index (κ3) is 4.58. The van der Waals surface area contributed by atoms with Crippen molar-refractivity contribution in [1.82, 2.24) is 14.8 Å². The lowest BCUT2D eigenvalue weighted by Crippen LogP contribution is -2.10. The van der Waals surface area contributed by atoms with Crippen molar-refractivity contribution in [3.05, 3.63) is 65.5 Å². The Morgan fingerprint density at radius 2 is 1.90 bits per heavy atom. The van der Waals surface area contributed by atoms with Crippen LogP contribution in [0.5, 0.6) is 0 Å². The fourth-order valence-electron chi connectivity index (χ4n) is 2.46. The minimum absolute atomic E-state index is 0.00131. The molecule has 2 heterocycles. The Kier molecular flexibility index (Phi) is 5.77. The number of hydrogen-bond acceptors (Lipinski definition) is 7. The number of benzene rings is 1. The molecular weight excluding hydrogens is 423 g/mol. The van der Waals surface area contributed by atoms with Gasteiger partial charge in [0.25, 0.3) is 0 Å². The van der Waals surface area contributed by atoms with Gasteiger partial charge in [0.15, 0.2) is 27.2 Å². The second-order valence-corrected chi connectivity index (χ2v) is 8.11. The minimum atomic E-state index is -4.90. The molecule has 0 aliphatic carbocycles. The molecule has 8 nitrogen and oxygen atoms in total. The molecule has 0 aliphatic heterocycles. The van der Waals surface area contributed by atoms with Crippen LogP contribution in [0.3, 0.4) is 0 Å². The monoisotopic (exact) mass is 437 g/mol. The summed E-state index contributed by atoms with van der Waals surface area (Å²) >= 11 is 0. The van der Waals surface area contributed by atoms with Gasteiger partial charge >= 0.3 is 6.18 Å². The lowest BCUT2D eigenvalue weighted by molar-refractivity contribution is -0.141. The number of nitrogens with one attached hydrogen (secondary N) is 1. The Labute approximate surface area is 169 Å². The maximum absolute atomic E-state index is 13.4.